The van der Waals surface area contributed by atoms with Gasteiger partial charge in [-0.05, 0) is 59.7 Å². The van der Waals surface area contributed by atoms with Crippen molar-refractivity contribution in [3.63, 3.8) is 0 Å². The van der Waals surface area contributed by atoms with Crippen LogP contribution in [0.15, 0.2) is 182 Å². The van der Waals surface area contributed by atoms with Gasteiger partial charge in [0.1, 0.15) is 0 Å². The second kappa shape index (κ2) is 12.2. The summed E-state index contributed by atoms with van der Waals surface area (Å²) in [6.45, 7) is 0. The average Bonchev–Trinajstić information content (AvgIpc) is 3.53. The highest BCUT2D eigenvalue weighted by atomic mass is 15.0. The number of rotatable bonds is 6. The summed E-state index contributed by atoms with van der Waals surface area (Å²) >= 11 is 0. The molecular formula is C45H30N4. The number of hydrogen-bond donors (Lipinski definition) is 0. The molecule has 0 N–H and O–H groups in total. The fourth-order valence-corrected chi connectivity index (χ4v) is 6.67. The van der Waals surface area contributed by atoms with Gasteiger partial charge in [-0.1, -0.05) is 127 Å². The average molecular weight is 627 g/mol. The van der Waals surface area contributed by atoms with Crippen LogP contribution in [0.5, 0.6) is 0 Å². The Morgan fingerprint density at radius 2 is 0.878 bits per heavy atom. The van der Waals surface area contributed by atoms with Gasteiger partial charge in [0.25, 0.3) is 0 Å². The number of fused-ring (bicyclic) bond motifs is 3. The summed E-state index contributed by atoms with van der Waals surface area (Å²) in [5.41, 5.74) is 12.5. The van der Waals surface area contributed by atoms with Gasteiger partial charge in [-0.25, -0.2) is 9.97 Å². The molecule has 0 amide bonds. The van der Waals surface area contributed by atoms with E-state index in [1.807, 2.05) is 30.5 Å². The van der Waals surface area contributed by atoms with E-state index in [1.54, 1.807) is 0 Å². The maximum Gasteiger partial charge on any atom is 0.160 e. The van der Waals surface area contributed by atoms with Gasteiger partial charge in [0.2, 0.25) is 0 Å². The minimum Gasteiger partial charge on any atom is -0.309 e. The molecule has 9 aromatic rings. The van der Waals surface area contributed by atoms with Gasteiger partial charge in [-0.2, -0.15) is 0 Å². The summed E-state index contributed by atoms with van der Waals surface area (Å²) in [6.07, 6.45) is 1.82. The van der Waals surface area contributed by atoms with Crippen LogP contribution in [0.1, 0.15) is 0 Å². The van der Waals surface area contributed by atoms with Crippen molar-refractivity contribution in [1.82, 2.24) is 19.5 Å². The minimum atomic E-state index is 0.686. The largest absolute Gasteiger partial charge is 0.309 e. The third-order valence-electron chi connectivity index (χ3n) is 9.10. The Hall–Kier alpha value is -6.65. The number of para-hydroxylation sites is 2. The van der Waals surface area contributed by atoms with E-state index in [1.165, 1.54) is 21.8 Å². The van der Waals surface area contributed by atoms with Crippen molar-refractivity contribution in [2.45, 2.75) is 0 Å². The Morgan fingerprint density at radius 3 is 1.51 bits per heavy atom. The van der Waals surface area contributed by atoms with E-state index in [4.69, 9.17) is 9.97 Å². The summed E-state index contributed by atoms with van der Waals surface area (Å²) < 4.78 is 2.34. The van der Waals surface area contributed by atoms with Crippen LogP contribution < -0.4 is 0 Å². The van der Waals surface area contributed by atoms with Crippen LogP contribution in [-0.4, -0.2) is 19.5 Å². The Labute approximate surface area is 284 Å². The smallest absolute Gasteiger partial charge is 0.160 e. The molecule has 49 heavy (non-hydrogen) atoms. The second-order valence-electron chi connectivity index (χ2n) is 12.1. The molecule has 0 saturated carbocycles. The fourth-order valence-electron chi connectivity index (χ4n) is 6.67. The SMILES string of the molecule is c1ccc(-c2cccc(-c3nc(-c4ccc(-c5ccccn5)cc4)cc(-c4ccc(-n5c6ccccc6c6ccccc65)cc4)n3)c2)cc1. The standard InChI is InChI=1S/C45H30N4/c1-2-11-31(12-3-1)35-13-10-14-36(29-35)45-47-41(33-22-20-32(21-23-33)40-17-8-9-28-46-40)30-42(48-45)34-24-26-37(27-25-34)49-43-18-6-4-15-38(43)39-16-5-7-19-44(39)49/h1-30H. The zero-order chi connectivity index (χ0) is 32.6. The molecule has 9 rings (SSSR count). The van der Waals surface area contributed by atoms with Crippen molar-refractivity contribution >= 4 is 21.8 Å². The van der Waals surface area contributed by atoms with Gasteiger partial charge in [0.05, 0.1) is 28.1 Å². The topological polar surface area (TPSA) is 43.6 Å². The van der Waals surface area contributed by atoms with Crippen molar-refractivity contribution in [2.75, 3.05) is 0 Å². The Kier molecular flexibility index (Phi) is 7.10. The van der Waals surface area contributed by atoms with Gasteiger partial charge >= 0.3 is 0 Å². The number of hydrogen-bond acceptors (Lipinski definition) is 3. The first-order chi connectivity index (χ1) is 24.3. The molecule has 0 aliphatic heterocycles. The monoisotopic (exact) mass is 626 g/mol. The zero-order valence-electron chi connectivity index (χ0n) is 26.6. The molecule has 0 unspecified atom stereocenters. The molecule has 230 valence electrons. The summed E-state index contributed by atoms with van der Waals surface area (Å²) in [6, 6.07) is 61.3. The third-order valence-corrected chi connectivity index (χ3v) is 9.10. The predicted molar refractivity (Wildman–Crippen MR) is 201 cm³/mol. The van der Waals surface area contributed by atoms with Crippen molar-refractivity contribution < 1.29 is 0 Å². The first-order valence-electron chi connectivity index (χ1n) is 16.4. The Morgan fingerprint density at radius 1 is 0.347 bits per heavy atom. The highest BCUT2D eigenvalue weighted by Crippen LogP contribution is 2.34. The molecule has 0 atom stereocenters. The van der Waals surface area contributed by atoms with Gasteiger partial charge in [0.15, 0.2) is 5.82 Å². The third kappa shape index (κ3) is 5.35. The quantitative estimate of drug-likeness (QED) is 0.184. The van der Waals surface area contributed by atoms with Crippen molar-refractivity contribution in [3.8, 4) is 62.0 Å². The highest BCUT2D eigenvalue weighted by Gasteiger charge is 2.14. The summed E-state index contributed by atoms with van der Waals surface area (Å²) in [4.78, 5) is 14.8. The lowest BCUT2D eigenvalue weighted by Crippen LogP contribution is -1.97. The van der Waals surface area contributed by atoms with Crippen molar-refractivity contribution in [2.24, 2.45) is 0 Å². The van der Waals surface area contributed by atoms with E-state index in [9.17, 15) is 0 Å². The molecule has 0 radical (unpaired) electrons. The molecular weight excluding hydrogens is 597 g/mol. The molecule has 0 saturated heterocycles. The molecule has 0 bridgehead atoms. The van der Waals surface area contributed by atoms with Crippen LogP contribution in [0.4, 0.5) is 0 Å². The molecule has 0 fully saturated rings. The van der Waals surface area contributed by atoms with E-state index in [0.29, 0.717) is 5.82 Å². The highest BCUT2D eigenvalue weighted by molar-refractivity contribution is 6.09. The van der Waals surface area contributed by atoms with Crippen LogP contribution in [0, 0.1) is 0 Å². The first kappa shape index (κ1) is 28.6. The van der Waals surface area contributed by atoms with Gasteiger partial charge in [0, 0.05) is 44.9 Å². The Bertz CT molecular complexity index is 2520. The van der Waals surface area contributed by atoms with Crippen LogP contribution >= 0.6 is 0 Å². The van der Waals surface area contributed by atoms with Crippen LogP contribution in [-0.2, 0) is 0 Å². The maximum atomic E-state index is 5.16. The molecule has 0 aliphatic carbocycles. The van der Waals surface area contributed by atoms with Crippen LogP contribution in [0.2, 0.25) is 0 Å². The van der Waals surface area contributed by atoms with Gasteiger partial charge in [-0.15, -0.1) is 0 Å². The minimum absolute atomic E-state index is 0.686. The second-order valence-corrected chi connectivity index (χ2v) is 12.1. The summed E-state index contributed by atoms with van der Waals surface area (Å²) in [5.74, 6) is 0.686. The van der Waals surface area contributed by atoms with Gasteiger partial charge in [-0.3, -0.25) is 4.98 Å². The van der Waals surface area contributed by atoms with Crippen LogP contribution in [0.25, 0.3) is 83.8 Å². The zero-order valence-corrected chi connectivity index (χ0v) is 26.6. The Balaban J connectivity index is 1.16. The molecule has 6 aromatic carbocycles. The predicted octanol–water partition coefficient (Wildman–Crippen LogP) is 11.3. The van der Waals surface area contributed by atoms with Crippen molar-refractivity contribution in [1.29, 1.82) is 0 Å². The molecule has 0 spiro atoms. The van der Waals surface area contributed by atoms with E-state index in [-0.39, 0.29) is 0 Å². The number of pyridine rings is 1. The normalized spacial score (nSPS) is 11.3. The van der Waals surface area contributed by atoms with E-state index in [0.717, 1.165) is 56.1 Å². The summed E-state index contributed by atoms with van der Waals surface area (Å²) in [5, 5.41) is 2.50. The fraction of sp³-hybridized carbons (Fsp3) is 0. The molecule has 0 aliphatic rings. The molecule has 4 nitrogen and oxygen atoms in total. The molecule has 4 heteroatoms. The number of nitrogens with zero attached hydrogens (tertiary/aromatic N) is 4. The summed E-state index contributed by atoms with van der Waals surface area (Å²) in [7, 11) is 0. The number of aromatic nitrogens is 4. The lowest BCUT2D eigenvalue weighted by atomic mass is 10.0. The molecule has 3 aromatic heterocycles. The van der Waals surface area contributed by atoms with E-state index < -0.39 is 0 Å². The van der Waals surface area contributed by atoms with E-state index >= 15 is 0 Å². The van der Waals surface area contributed by atoms with Crippen LogP contribution in [0.3, 0.4) is 0 Å². The lowest BCUT2D eigenvalue weighted by Gasteiger charge is -2.12. The maximum absolute atomic E-state index is 5.16. The lowest BCUT2D eigenvalue weighted by molar-refractivity contribution is 1.17. The first-order valence-corrected chi connectivity index (χ1v) is 16.4. The van der Waals surface area contributed by atoms with Crippen molar-refractivity contribution in [3.05, 3.63) is 182 Å². The van der Waals surface area contributed by atoms with Gasteiger partial charge < -0.3 is 4.57 Å². The van der Waals surface area contributed by atoms with E-state index in [2.05, 4.69) is 161 Å². The number of benzene rings is 6. The molecule has 3 heterocycles.